The number of benzene rings is 1. The molecular formula is C13H14BrClN2O3. The van der Waals surface area contributed by atoms with Crippen LogP contribution in [0.1, 0.15) is 23.8 Å². The van der Waals surface area contributed by atoms with Crippen molar-refractivity contribution >= 4 is 39.5 Å². The van der Waals surface area contributed by atoms with Gasteiger partial charge >= 0.3 is 6.09 Å². The number of halogens is 2. The molecule has 1 heterocycles. The highest BCUT2D eigenvalue weighted by molar-refractivity contribution is 9.10. The van der Waals surface area contributed by atoms with E-state index in [9.17, 15) is 9.59 Å². The Kier molecular flexibility index (Phi) is 5.25. The van der Waals surface area contributed by atoms with Crippen LogP contribution < -0.4 is 5.48 Å². The van der Waals surface area contributed by atoms with Crippen molar-refractivity contribution in [1.82, 2.24) is 10.4 Å². The highest BCUT2D eigenvalue weighted by atomic mass is 79.9. The van der Waals surface area contributed by atoms with Gasteiger partial charge in [0, 0.05) is 17.6 Å². The van der Waals surface area contributed by atoms with Crippen LogP contribution in [-0.2, 0) is 9.63 Å². The van der Waals surface area contributed by atoms with Crippen molar-refractivity contribution in [1.29, 1.82) is 0 Å². The number of likely N-dealkylation sites (tertiary alicyclic amines) is 1. The van der Waals surface area contributed by atoms with Crippen molar-refractivity contribution in [2.75, 3.05) is 13.1 Å². The molecule has 5 nitrogen and oxygen atoms in total. The van der Waals surface area contributed by atoms with Crippen LogP contribution in [0.25, 0.3) is 0 Å². The van der Waals surface area contributed by atoms with Gasteiger partial charge in [0.1, 0.15) is 5.38 Å². The molecule has 1 aliphatic rings. The highest BCUT2D eigenvalue weighted by Gasteiger charge is 2.23. The molecule has 2 amide bonds. The highest BCUT2D eigenvalue weighted by Crippen LogP contribution is 2.22. The van der Waals surface area contributed by atoms with Gasteiger partial charge in [0.2, 0.25) is 0 Å². The van der Waals surface area contributed by atoms with Gasteiger partial charge in [-0.2, -0.15) is 5.48 Å². The number of carbonyl (C=O) groups is 2. The minimum absolute atomic E-state index is 0.546. The van der Waals surface area contributed by atoms with E-state index in [2.05, 4.69) is 21.4 Å². The summed E-state index contributed by atoms with van der Waals surface area (Å²) in [7, 11) is 0. The Morgan fingerprint density at radius 2 is 1.85 bits per heavy atom. The molecule has 0 saturated carbocycles. The van der Waals surface area contributed by atoms with Gasteiger partial charge in [-0.1, -0.05) is 28.1 Å². The zero-order valence-corrected chi connectivity index (χ0v) is 13.0. The lowest BCUT2D eigenvalue weighted by atomic mass is 10.1. The lowest BCUT2D eigenvalue weighted by molar-refractivity contribution is -0.129. The summed E-state index contributed by atoms with van der Waals surface area (Å²) in [4.78, 5) is 29.7. The van der Waals surface area contributed by atoms with Crippen LogP contribution in [0.3, 0.4) is 0 Å². The number of hydroxylamine groups is 1. The fourth-order valence-corrected chi connectivity index (χ4v) is 2.35. The second-order valence-electron chi connectivity index (χ2n) is 4.44. The van der Waals surface area contributed by atoms with E-state index in [-0.39, 0.29) is 0 Å². The fourth-order valence-electron chi connectivity index (χ4n) is 1.89. The van der Waals surface area contributed by atoms with Crippen molar-refractivity contribution in [3.05, 3.63) is 34.3 Å². The Hall–Kier alpha value is -1.27. The van der Waals surface area contributed by atoms with E-state index in [4.69, 9.17) is 16.4 Å². The molecule has 1 atom stereocenters. The van der Waals surface area contributed by atoms with Crippen LogP contribution in [0, 0.1) is 0 Å². The molecule has 1 unspecified atom stereocenters. The summed E-state index contributed by atoms with van der Waals surface area (Å²) >= 11 is 9.32. The fraction of sp³-hybridized carbons (Fsp3) is 0.385. The Morgan fingerprint density at radius 3 is 2.45 bits per heavy atom. The molecule has 1 aromatic carbocycles. The van der Waals surface area contributed by atoms with Gasteiger partial charge in [0.25, 0.3) is 5.91 Å². The van der Waals surface area contributed by atoms with Gasteiger partial charge in [0.05, 0.1) is 0 Å². The molecule has 1 aromatic rings. The maximum absolute atomic E-state index is 11.8. The third kappa shape index (κ3) is 3.86. The third-order valence-electron chi connectivity index (χ3n) is 3.00. The summed E-state index contributed by atoms with van der Waals surface area (Å²) in [5, 5.41) is -0.908. The van der Waals surface area contributed by atoms with Crippen molar-refractivity contribution in [2.24, 2.45) is 0 Å². The normalized spacial score (nSPS) is 15.8. The average Bonchev–Trinajstić information content (AvgIpc) is 2.98. The van der Waals surface area contributed by atoms with Gasteiger partial charge in [-0.3, -0.25) is 4.79 Å². The molecule has 108 valence electrons. The van der Waals surface area contributed by atoms with Crippen LogP contribution in [0.5, 0.6) is 0 Å². The molecule has 0 radical (unpaired) electrons. The second-order valence-corrected chi connectivity index (χ2v) is 5.79. The molecule has 1 saturated heterocycles. The summed E-state index contributed by atoms with van der Waals surface area (Å²) < 4.78 is 0.894. The Bertz CT molecular complexity index is 489. The quantitative estimate of drug-likeness (QED) is 0.651. The molecule has 0 bridgehead atoms. The molecule has 20 heavy (non-hydrogen) atoms. The molecule has 7 heteroatoms. The maximum atomic E-state index is 11.8. The zero-order chi connectivity index (χ0) is 14.5. The molecule has 0 spiro atoms. The smallest absolute Gasteiger partial charge is 0.321 e. The number of nitrogens with zero attached hydrogens (tertiary/aromatic N) is 1. The van der Waals surface area contributed by atoms with Crippen LogP contribution in [0.2, 0.25) is 0 Å². The first-order valence-corrected chi connectivity index (χ1v) is 7.46. The van der Waals surface area contributed by atoms with Crippen molar-refractivity contribution in [3.63, 3.8) is 0 Å². The Balaban J connectivity index is 1.84. The molecule has 0 aromatic heterocycles. The van der Waals surface area contributed by atoms with Gasteiger partial charge in [-0.25, -0.2) is 4.79 Å². The first kappa shape index (κ1) is 15.1. The summed E-state index contributed by atoms with van der Waals surface area (Å²) in [6.45, 7) is 1.32. The van der Waals surface area contributed by atoms with Crippen LogP contribution >= 0.6 is 27.5 Å². The number of rotatable bonds is 2. The molecule has 1 fully saturated rings. The predicted molar refractivity (Wildman–Crippen MR) is 78.2 cm³/mol. The van der Waals surface area contributed by atoms with Gasteiger partial charge in [0.15, 0.2) is 0 Å². The predicted octanol–water partition coefficient (Wildman–Crippen LogP) is 2.99. The number of hydrogen-bond donors (Lipinski definition) is 1. The lowest BCUT2D eigenvalue weighted by Gasteiger charge is -2.16. The molecule has 2 rings (SSSR count). The van der Waals surface area contributed by atoms with Gasteiger partial charge < -0.3 is 9.74 Å². The second kappa shape index (κ2) is 6.95. The maximum Gasteiger partial charge on any atom is 0.434 e. The monoisotopic (exact) mass is 360 g/mol. The first-order valence-electron chi connectivity index (χ1n) is 6.23. The van der Waals surface area contributed by atoms with E-state index >= 15 is 0 Å². The van der Waals surface area contributed by atoms with E-state index in [0.29, 0.717) is 18.7 Å². The summed E-state index contributed by atoms with van der Waals surface area (Å²) in [5.41, 5.74) is 2.73. The van der Waals surface area contributed by atoms with Crippen LogP contribution in [-0.4, -0.2) is 30.0 Å². The molecule has 1 N–H and O–H groups in total. The van der Waals surface area contributed by atoms with E-state index in [0.717, 1.165) is 17.3 Å². The van der Waals surface area contributed by atoms with E-state index in [1.807, 2.05) is 0 Å². The SMILES string of the molecule is O=C(NOC(=O)N1CCCC1)C(Cl)c1ccc(Br)cc1. The van der Waals surface area contributed by atoms with E-state index in [1.165, 1.54) is 0 Å². The summed E-state index contributed by atoms with van der Waals surface area (Å²) in [6.07, 6.45) is 1.37. The number of alkyl halides is 1. The number of amides is 2. The minimum Gasteiger partial charge on any atom is -0.321 e. The molecule has 0 aliphatic carbocycles. The Labute approximate surface area is 130 Å². The largest absolute Gasteiger partial charge is 0.434 e. The van der Waals surface area contributed by atoms with Crippen molar-refractivity contribution in [3.8, 4) is 0 Å². The van der Waals surface area contributed by atoms with E-state index < -0.39 is 17.4 Å². The number of nitrogens with one attached hydrogen (secondary N) is 1. The Morgan fingerprint density at radius 1 is 1.25 bits per heavy atom. The standard InChI is InChI=1S/C13H14BrClN2O3/c14-10-5-3-9(4-6-10)11(15)12(18)16-20-13(19)17-7-1-2-8-17/h3-6,11H,1-2,7-8H2,(H,16,18). The number of hydrogen-bond acceptors (Lipinski definition) is 3. The van der Waals surface area contributed by atoms with Crippen LogP contribution in [0.4, 0.5) is 4.79 Å². The lowest BCUT2D eigenvalue weighted by Crippen LogP contribution is -2.36. The molecular weight excluding hydrogens is 348 g/mol. The van der Waals surface area contributed by atoms with Gasteiger partial charge in [-0.05, 0) is 30.5 Å². The zero-order valence-electron chi connectivity index (χ0n) is 10.6. The average molecular weight is 362 g/mol. The molecule has 1 aliphatic heterocycles. The summed E-state index contributed by atoms with van der Waals surface area (Å²) in [6, 6.07) is 7.02. The van der Waals surface area contributed by atoms with Gasteiger partial charge in [-0.15, -0.1) is 11.6 Å². The van der Waals surface area contributed by atoms with Crippen molar-refractivity contribution in [2.45, 2.75) is 18.2 Å². The number of carbonyl (C=O) groups excluding carboxylic acids is 2. The minimum atomic E-state index is -0.908. The van der Waals surface area contributed by atoms with Crippen LogP contribution in [0.15, 0.2) is 28.7 Å². The third-order valence-corrected chi connectivity index (χ3v) is 3.97. The summed E-state index contributed by atoms with van der Waals surface area (Å²) in [5.74, 6) is -0.568. The van der Waals surface area contributed by atoms with Crippen molar-refractivity contribution < 1.29 is 14.4 Å². The topological polar surface area (TPSA) is 58.6 Å². The van der Waals surface area contributed by atoms with E-state index in [1.54, 1.807) is 29.2 Å². The first-order chi connectivity index (χ1) is 9.58.